The molecule has 0 saturated carbocycles. The van der Waals surface area contributed by atoms with Crippen LogP contribution in [0.15, 0.2) is 39.9 Å². The fraction of sp³-hybridized carbons (Fsp3) is 0.353. The lowest BCUT2D eigenvalue weighted by atomic mass is 10.1. The number of carbonyl (C=O) groups excluding carboxylic acids is 1. The molecule has 7 nitrogen and oxygen atoms in total. The summed E-state index contributed by atoms with van der Waals surface area (Å²) in [5, 5.41) is 2.81. The number of aromatic nitrogens is 2. The SMILES string of the molecule is O=C(NCCc1cccc(F)c1)N1CCC(c2cc(=O)[nH]c(=O)[nH]2)C1. The average Bonchev–Trinajstić information content (AvgIpc) is 3.04. The highest BCUT2D eigenvalue weighted by Crippen LogP contribution is 2.24. The average molecular weight is 346 g/mol. The zero-order valence-electron chi connectivity index (χ0n) is 13.5. The number of halogens is 1. The summed E-state index contributed by atoms with van der Waals surface area (Å²) in [4.78, 5) is 41.3. The summed E-state index contributed by atoms with van der Waals surface area (Å²) in [7, 11) is 0. The summed E-state index contributed by atoms with van der Waals surface area (Å²) in [6, 6.07) is 7.43. The third-order valence-electron chi connectivity index (χ3n) is 4.28. The van der Waals surface area contributed by atoms with Crippen LogP contribution in [0.25, 0.3) is 0 Å². The molecule has 0 spiro atoms. The van der Waals surface area contributed by atoms with Crippen molar-refractivity contribution in [3.8, 4) is 0 Å². The summed E-state index contributed by atoms with van der Waals surface area (Å²) in [6.07, 6.45) is 1.22. The van der Waals surface area contributed by atoms with Gasteiger partial charge in [-0.3, -0.25) is 9.78 Å². The van der Waals surface area contributed by atoms with E-state index in [4.69, 9.17) is 0 Å². The standard InChI is InChI=1S/C17H19FN4O3/c18-13-3-1-2-11(8-13)4-6-19-17(25)22-7-5-12(10-22)14-9-15(23)21-16(24)20-14/h1-3,8-9,12H,4-7,10H2,(H,19,25)(H2,20,21,23,24). The number of benzene rings is 1. The van der Waals surface area contributed by atoms with E-state index in [2.05, 4.69) is 15.3 Å². The number of amides is 2. The molecule has 1 aromatic carbocycles. The molecule has 0 aliphatic carbocycles. The predicted octanol–water partition coefficient (Wildman–Crippen LogP) is 0.944. The monoisotopic (exact) mass is 346 g/mol. The molecule has 0 radical (unpaired) electrons. The second kappa shape index (κ2) is 7.33. The fourth-order valence-corrected chi connectivity index (χ4v) is 3.02. The number of carbonyl (C=O) groups is 1. The lowest BCUT2D eigenvalue weighted by molar-refractivity contribution is 0.208. The summed E-state index contributed by atoms with van der Waals surface area (Å²) >= 11 is 0. The first-order chi connectivity index (χ1) is 12.0. The van der Waals surface area contributed by atoms with E-state index < -0.39 is 11.2 Å². The Kier molecular flexibility index (Phi) is 4.97. The Labute approximate surface area is 142 Å². The molecule has 3 N–H and O–H groups in total. The molecular formula is C17H19FN4O3. The molecule has 132 valence electrons. The van der Waals surface area contributed by atoms with E-state index in [1.54, 1.807) is 11.0 Å². The molecule has 1 aliphatic rings. The van der Waals surface area contributed by atoms with Crippen molar-refractivity contribution in [1.82, 2.24) is 20.2 Å². The summed E-state index contributed by atoms with van der Waals surface area (Å²) in [6.45, 7) is 1.39. The maximum absolute atomic E-state index is 13.1. The Morgan fingerprint density at radius 2 is 2.12 bits per heavy atom. The van der Waals surface area contributed by atoms with Crippen LogP contribution in [0, 0.1) is 5.82 Å². The molecule has 2 heterocycles. The molecule has 2 amide bonds. The number of nitrogens with zero attached hydrogens (tertiary/aromatic N) is 1. The van der Waals surface area contributed by atoms with Crippen molar-refractivity contribution in [1.29, 1.82) is 0 Å². The smallest absolute Gasteiger partial charge is 0.325 e. The van der Waals surface area contributed by atoms with Gasteiger partial charge in [0.1, 0.15) is 5.82 Å². The highest BCUT2D eigenvalue weighted by Gasteiger charge is 2.28. The minimum atomic E-state index is -0.541. The van der Waals surface area contributed by atoms with Crippen LogP contribution in [0.5, 0.6) is 0 Å². The van der Waals surface area contributed by atoms with Gasteiger partial charge in [0.2, 0.25) is 0 Å². The molecule has 1 atom stereocenters. The summed E-state index contributed by atoms with van der Waals surface area (Å²) in [5.41, 5.74) is 0.377. The predicted molar refractivity (Wildman–Crippen MR) is 90.1 cm³/mol. The van der Waals surface area contributed by atoms with Crippen molar-refractivity contribution in [2.45, 2.75) is 18.8 Å². The van der Waals surface area contributed by atoms with Crippen LogP contribution in [-0.4, -0.2) is 40.5 Å². The third kappa shape index (κ3) is 4.34. The van der Waals surface area contributed by atoms with Crippen molar-refractivity contribution in [2.24, 2.45) is 0 Å². The van der Waals surface area contributed by atoms with Gasteiger partial charge in [0.25, 0.3) is 5.56 Å². The van der Waals surface area contributed by atoms with Gasteiger partial charge >= 0.3 is 11.7 Å². The molecule has 25 heavy (non-hydrogen) atoms. The first-order valence-corrected chi connectivity index (χ1v) is 8.12. The highest BCUT2D eigenvalue weighted by atomic mass is 19.1. The first kappa shape index (κ1) is 16.9. The number of hydrogen-bond donors (Lipinski definition) is 3. The van der Waals surface area contributed by atoms with E-state index in [0.717, 1.165) is 5.56 Å². The van der Waals surface area contributed by atoms with E-state index in [0.29, 0.717) is 38.2 Å². The van der Waals surface area contributed by atoms with E-state index >= 15 is 0 Å². The van der Waals surface area contributed by atoms with Crippen LogP contribution in [0.3, 0.4) is 0 Å². The van der Waals surface area contributed by atoms with Gasteiger partial charge in [-0.2, -0.15) is 0 Å². The summed E-state index contributed by atoms with van der Waals surface area (Å²) < 4.78 is 13.1. The number of likely N-dealkylation sites (tertiary alicyclic amines) is 1. The Morgan fingerprint density at radius 3 is 2.88 bits per heavy atom. The minimum absolute atomic E-state index is 0.0658. The Hall–Kier alpha value is -2.90. The molecule has 0 bridgehead atoms. The highest BCUT2D eigenvalue weighted by molar-refractivity contribution is 5.74. The van der Waals surface area contributed by atoms with Crippen molar-refractivity contribution in [3.63, 3.8) is 0 Å². The number of rotatable bonds is 4. The van der Waals surface area contributed by atoms with Crippen LogP contribution in [0.2, 0.25) is 0 Å². The van der Waals surface area contributed by atoms with Crippen molar-refractivity contribution < 1.29 is 9.18 Å². The molecule has 1 aliphatic heterocycles. The van der Waals surface area contributed by atoms with Crippen LogP contribution in [0.4, 0.5) is 9.18 Å². The van der Waals surface area contributed by atoms with Gasteiger partial charge in [-0.15, -0.1) is 0 Å². The summed E-state index contributed by atoms with van der Waals surface area (Å²) in [5.74, 6) is -0.359. The first-order valence-electron chi connectivity index (χ1n) is 8.12. The number of nitrogens with one attached hydrogen (secondary N) is 3. The van der Waals surface area contributed by atoms with Gasteiger partial charge in [0, 0.05) is 37.3 Å². The van der Waals surface area contributed by atoms with Crippen LogP contribution in [0.1, 0.15) is 23.6 Å². The third-order valence-corrected chi connectivity index (χ3v) is 4.28. The molecule has 2 aromatic rings. The number of hydrogen-bond acceptors (Lipinski definition) is 3. The van der Waals surface area contributed by atoms with Crippen molar-refractivity contribution >= 4 is 6.03 Å². The molecule has 8 heteroatoms. The quantitative estimate of drug-likeness (QED) is 0.768. The lowest BCUT2D eigenvalue weighted by Gasteiger charge is -2.17. The topological polar surface area (TPSA) is 98.1 Å². The van der Waals surface area contributed by atoms with Crippen molar-refractivity contribution in [2.75, 3.05) is 19.6 Å². The largest absolute Gasteiger partial charge is 0.338 e. The molecule has 1 saturated heterocycles. The van der Waals surface area contributed by atoms with Gasteiger partial charge in [-0.05, 0) is 30.5 Å². The Balaban J connectivity index is 1.52. The lowest BCUT2D eigenvalue weighted by Crippen LogP contribution is -2.39. The Bertz CT molecular complexity index is 848. The maximum Gasteiger partial charge on any atom is 0.325 e. The van der Waals surface area contributed by atoms with Gasteiger partial charge in [0.15, 0.2) is 0 Å². The van der Waals surface area contributed by atoms with Gasteiger partial charge in [0.05, 0.1) is 0 Å². The minimum Gasteiger partial charge on any atom is -0.338 e. The zero-order chi connectivity index (χ0) is 17.8. The van der Waals surface area contributed by atoms with Gasteiger partial charge in [-0.1, -0.05) is 12.1 Å². The van der Waals surface area contributed by atoms with Crippen molar-refractivity contribution in [3.05, 3.63) is 68.2 Å². The maximum atomic E-state index is 13.1. The van der Waals surface area contributed by atoms with Gasteiger partial charge in [-0.25, -0.2) is 14.0 Å². The van der Waals surface area contributed by atoms with E-state index in [1.165, 1.54) is 18.2 Å². The normalized spacial score (nSPS) is 16.8. The molecule has 1 fully saturated rings. The van der Waals surface area contributed by atoms with Crippen LogP contribution < -0.4 is 16.6 Å². The number of aromatic amines is 2. The Morgan fingerprint density at radius 1 is 1.28 bits per heavy atom. The number of H-pyrrole nitrogens is 2. The number of urea groups is 1. The van der Waals surface area contributed by atoms with Crippen LogP contribution >= 0.6 is 0 Å². The molecule has 1 aromatic heterocycles. The molecule has 1 unspecified atom stereocenters. The second-order valence-electron chi connectivity index (χ2n) is 6.09. The fourth-order valence-electron chi connectivity index (χ4n) is 3.02. The van der Waals surface area contributed by atoms with Gasteiger partial charge < -0.3 is 15.2 Å². The second-order valence-corrected chi connectivity index (χ2v) is 6.09. The van der Waals surface area contributed by atoms with Crippen LogP contribution in [-0.2, 0) is 6.42 Å². The van der Waals surface area contributed by atoms with E-state index in [-0.39, 0.29) is 17.8 Å². The molecular weight excluding hydrogens is 327 g/mol. The molecule has 3 rings (SSSR count). The zero-order valence-corrected chi connectivity index (χ0v) is 13.5. The van der Waals surface area contributed by atoms with E-state index in [1.807, 2.05) is 6.07 Å². The van der Waals surface area contributed by atoms with E-state index in [9.17, 15) is 18.8 Å².